The minimum Gasteiger partial charge on any atom is -0.326 e. The van der Waals surface area contributed by atoms with E-state index in [1.165, 1.54) is 17.5 Å². The van der Waals surface area contributed by atoms with Crippen LogP contribution in [0.5, 0.6) is 0 Å². The standard InChI is InChI=1S/C10H11BrN4O2S2/c11-10-9(4-8(5-12)18-10)19(16,17)14-6-7-2-1-3-13-15-7/h1-4,14H,5-6,12H2. The normalized spacial score (nSPS) is 11.7. The molecule has 0 bridgehead atoms. The first-order chi connectivity index (χ1) is 9.03. The molecule has 2 rings (SSSR count). The number of hydrogen-bond donors (Lipinski definition) is 2. The number of hydrogen-bond acceptors (Lipinski definition) is 6. The van der Waals surface area contributed by atoms with Gasteiger partial charge in [0.1, 0.15) is 4.90 Å². The fraction of sp³-hybridized carbons (Fsp3) is 0.200. The molecule has 2 heterocycles. The van der Waals surface area contributed by atoms with Crippen LogP contribution in [0.15, 0.2) is 33.1 Å². The van der Waals surface area contributed by atoms with E-state index in [1.807, 2.05) is 0 Å². The Balaban J connectivity index is 2.16. The Morgan fingerprint density at radius 1 is 1.47 bits per heavy atom. The lowest BCUT2D eigenvalue weighted by atomic mass is 10.4. The first-order valence-corrected chi connectivity index (χ1v) is 8.36. The van der Waals surface area contributed by atoms with Crippen LogP contribution in [0, 0.1) is 0 Å². The van der Waals surface area contributed by atoms with Gasteiger partial charge in [-0.3, -0.25) is 0 Å². The van der Waals surface area contributed by atoms with Gasteiger partial charge in [-0.25, -0.2) is 13.1 Å². The second-order valence-electron chi connectivity index (χ2n) is 3.59. The van der Waals surface area contributed by atoms with Crippen LogP contribution in [-0.2, 0) is 23.1 Å². The highest BCUT2D eigenvalue weighted by molar-refractivity contribution is 9.11. The second kappa shape index (κ2) is 6.06. The maximum Gasteiger partial charge on any atom is 0.242 e. The van der Waals surface area contributed by atoms with E-state index in [-0.39, 0.29) is 11.4 Å². The number of rotatable bonds is 5. The topological polar surface area (TPSA) is 98.0 Å². The molecular weight excluding hydrogens is 352 g/mol. The van der Waals surface area contributed by atoms with E-state index >= 15 is 0 Å². The van der Waals surface area contributed by atoms with Gasteiger partial charge >= 0.3 is 0 Å². The molecule has 0 aliphatic heterocycles. The summed E-state index contributed by atoms with van der Waals surface area (Å²) in [6.45, 7) is 0.402. The summed E-state index contributed by atoms with van der Waals surface area (Å²) in [5, 5.41) is 7.50. The summed E-state index contributed by atoms with van der Waals surface area (Å²) >= 11 is 4.54. The summed E-state index contributed by atoms with van der Waals surface area (Å²) in [7, 11) is -3.59. The zero-order chi connectivity index (χ0) is 13.9. The van der Waals surface area contributed by atoms with Gasteiger partial charge in [0.25, 0.3) is 0 Å². The number of nitrogens with two attached hydrogens (primary N) is 1. The maximum absolute atomic E-state index is 12.1. The third-order valence-electron chi connectivity index (χ3n) is 2.27. The van der Waals surface area contributed by atoms with Crippen molar-refractivity contribution in [1.82, 2.24) is 14.9 Å². The lowest BCUT2D eigenvalue weighted by molar-refractivity contribution is 0.580. The van der Waals surface area contributed by atoms with Crippen LogP contribution in [0.2, 0.25) is 0 Å². The van der Waals surface area contributed by atoms with Crippen LogP contribution in [0.4, 0.5) is 0 Å². The molecule has 6 nitrogen and oxygen atoms in total. The van der Waals surface area contributed by atoms with Gasteiger partial charge in [-0.05, 0) is 34.1 Å². The summed E-state index contributed by atoms with van der Waals surface area (Å²) in [5.41, 5.74) is 6.05. The summed E-state index contributed by atoms with van der Waals surface area (Å²) in [5.74, 6) is 0. The largest absolute Gasteiger partial charge is 0.326 e. The lowest BCUT2D eigenvalue weighted by Gasteiger charge is -2.04. The van der Waals surface area contributed by atoms with Crippen LogP contribution >= 0.6 is 27.3 Å². The van der Waals surface area contributed by atoms with Crippen molar-refractivity contribution in [2.45, 2.75) is 18.0 Å². The molecule has 0 amide bonds. The van der Waals surface area contributed by atoms with E-state index in [0.29, 0.717) is 16.0 Å². The van der Waals surface area contributed by atoms with Gasteiger partial charge in [0.2, 0.25) is 10.0 Å². The fourth-order valence-electron chi connectivity index (χ4n) is 1.36. The first kappa shape index (κ1) is 14.5. The van der Waals surface area contributed by atoms with Crippen LogP contribution in [0.25, 0.3) is 0 Å². The molecule has 9 heteroatoms. The van der Waals surface area contributed by atoms with Crippen molar-refractivity contribution in [3.8, 4) is 0 Å². The molecule has 0 unspecified atom stereocenters. The predicted octanol–water partition coefficient (Wildman–Crippen LogP) is 1.24. The van der Waals surface area contributed by atoms with E-state index in [2.05, 4.69) is 30.8 Å². The molecule has 0 atom stereocenters. The van der Waals surface area contributed by atoms with E-state index in [9.17, 15) is 8.42 Å². The van der Waals surface area contributed by atoms with Crippen molar-refractivity contribution in [2.75, 3.05) is 0 Å². The molecule has 0 aromatic carbocycles. The maximum atomic E-state index is 12.1. The molecule has 2 aromatic rings. The zero-order valence-electron chi connectivity index (χ0n) is 9.71. The molecule has 0 fully saturated rings. The highest BCUT2D eigenvalue weighted by atomic mass is 79.9. The van der Waals surface area contributed by atoms with Crippen molar-refractivity contribution in [3.05, 3.63) is 38.8 Å². The van der Waals surface area contributed by atoms with Crippen molar-refractivity contribution in [2.24, 2.45) is 5.73 Å². The van der Waals surface area contributed by atoms with Crippen LogP contribution in [0.1, 0.15) is 10.6 Å². The summed E-state index contributed by atoms with van der Waals surface area (Å²) in [6, 6.07) is 4.96. The number of aromatic nitrogens is 2. The van der Waals surface area contributed by atoms with Crippen molar-refractivity contribution in [1.29, 1.82) is 0 Å². The smallest absolute Gasteiger partial charge is 0.242 e. The molecule has 0 radical (unpaired) electrons. The summed E-state index contributed by atoms with van der Waals surface area (Å²) in [6.07, 6.45) is 1.53. The zero-order valence-corrected chi connectivity index (χ0v) is 12.9. The molecule has 0 saturated carbocycles. The highest BCUT2D eigenvalue weighted by Gasteiger charge is 2.20. The van der Waals surface area contributed by atoms with Crippen LogP contribution < -0.4 is 10.5 Å². The van der Waals surface area contributed by atoms with E-state index in [4.69, 9.17) is 5.73 Å². The molecular formula is C10H11BrN4O2S2. The van der Waals surface area contributed by atoms with Gasteiger partial charge in [-0.2, -0.15) is 10.2 Å². The van der Waals surface area contributed by atoms with Crippen molar-refractivity contribution >= 4 is 37.3 Å². The van der Waals surface area contributed by atoms with Crippen LogP contribution in [-0.4, -0.2) is 18.6 Å². The third kappa shape index (κ3) is 3.57. The average molecular weight is 363 g/mol. The number of sulfonamides is 1. The minimum atomic E-state index is -3.59. The van der Waals surface area contributed by atoms with Crippen LogP contribution in [0.3, 0.4) is 0 Å². The molecule has 0 spiro atoms. The Kier molecular flexibility index (Phi) is 4.63. The number of thiophene rings is 1. The Bertz CT molecular complexity index is 657. The van der Waals surface area contributed by atoms with Gasteiger partial charge < -0.3 is 5.73 Å². The van der Waals surface area contributed by atoms with E-state index in [0.717, 1.165) is 4.88 Å². The SMILES string of the molecule is NCc1cc(S(=O)(=O)NCc2cccnn2)c(Br)s1. The molecule has 102 valence electrons. The van der Waals surface area contributed by atoms with Gasteiger partial charge in [0.05, 0.1) is 16.0 Å². The van der Waals surface area contributed by atoms with E-state index < -0.39 is 10.0 Å². The van der Waals surface area contributed by atoms with Gasteiger partial charge in [0.15, 0.2) is 0 Å². The summed E-state index contributed by atoms with van der Waals surface area (Å²) < 4.78 is 27.3. The Hall–Kier alpha value is -0.870. The first-order valence-electron chi connectivity index (χ1n) is 5.27. The monoisotopic (exact) mass is 362 g/mol. The minimum absolute atomic E-state index is 0.0937. The molecule has 0 aliphatic carbocycles. The fourth-order valence-corrected chi connectivity index (χ4v) is 4.91. The summed E-state index contributed by atoms with van der Waals surface area (Å²) in [4.78, 5) is 0.994. The Morgan fingerprint density at radius 2 is 2.26 bits per heavy atom. The van der Waals surface area contributed by atoms with Crippen molar-refractivity contribution < 1.29 is 8.42 Å². The average Bonchev–Trinajstić information content (AvgIpc) is 2.80. The van der Waals surface area contributed by atoms with Gasteiger partial charge in [-0.15, -0.1) is 11.3 Å². The Labute approximate surface area is 123 Å². The highest BCUT2D eigenvalue weighted by Crippen LogP contribution is 2.31. The number of halogens is 1. The quantitative estimate of drug-likeness (QED) is 0.833. The van der Waals surface area contributed by atoms with Gasteiger partial charge in [0, 0.05) is 17.6 Å². The van der Waals surface area contributed by atoms with E-state index in [1.54, 1.807) is 18.2 Å². The molecule has 0 aliphatic rings. The Morgan fingerprint density at radius 3 is 2.84 bits per heavy atom. The molecule has 2 aromatic heterocycles. The van der Waals surface area contributed by atoms with Crippen molar-refractivity contribution in [3.63, 3.8) is 0 Å². The molecule has 3 N–H and O–H groups in total. The molecule has 19 heavy (non-hydrogen) atoms. The third-order valence-corrected chi connectivity index (χ3v) is 5.94. The second-order valence-corrected chi connectivity index (χ2v) is 7.78. The number of nitrogens with zero attached hydrogens (tertiary/aromatic N) is 2. The molecule has 0 saturated heterocycles. The predicted molar refractivity (Wildman–Crippen MR) is 76.0 cm³/mol. The van der Waals surface area contributed by atoms with Gasteiger partial charge in [-0.1, -0.05) is 0 Å². The lowest BCUT2D eigenvalue weighted by Crippen LogP contribution is -2.23. The number of nitrogens with one attached hydrogen (secondary N) is 1.